The fourth-order valence-corrected chi connectivity index (χ4v) is 22.6. The Morgan fingerprint density at radius 1 is 0.367 bits per heavy atom. The first-order chi connectivity index (χ1) is 23.5. The van der Waals surface area contributed by atoms with Gasteiger partial charge in [-0.25, -0.2) is 0 Å². The van der Waals surface area contributed by atoms with E-state index >= 15 is 0 Å². The Morgan fingerprint density at radius 3 is 0.714 bits per heavy atom. The number of carbonyl (C=O) groups excluding carboxylic acids is 3. The number of rotatable bonds is 33. The lowest BCUT2D eigenvalue weighted by atomic mass is 10.4. The van der Waals surface area contributed by atoms with E-state index < -0.39 is 21.8 Å². The highest BCUT2D eigenvalue weighted by molar-refractivity contribution is 7.77. The number of carbonyl (C=O) groups is 3. The Labute approximate surface area is 307 Å². The van der Waals surface area contributed by atoms with Gasteiger partial charge in [0.15, 0.2) is 0 Å². The first-order valence-corrected chi connectivity index (χ1v) is 28.2. The van der Waals surface area contributed by atoms with Gasteiger partial charge in [0.2, 0.25) is 0 Å². The van der Waals surface area contributed by atoms with Crippen molar-refractivity contribution >= 4 is 39.5 Å². The molecule has 3 amide bonds. The Bertz CT molecular complexity index is 716. The van der Waals surface area contributed by atoms with Crippen molar-refractivity contribution in [2.45, 2.75) is 120 Å². The molecule has 0 radical (unpaired) electrons. The number of amides is 3. The van der Waals surface area contributed by atoms with Crippen molar-refractivity contribution in [2.24, 2.45) is 0 Å². The summed E-state index contributed by atoms with van der Waals surface area (Å²) in [6.45, 7) is 24.2. The van der Waals surface area contributed by atoms with Crippen molar-refractivity contribution in [1.82, 2.24) is 20.9 Å². The highest BCUT2D eigenvalue weighted by atomic mass is 31.2. The monoisotopic (exact) mass is 750 g/mol. The van der Waals surface area contributed by atoms with Crippen LogP contribution in [0, 0.1) is 0 Å². The van der Waals surface area contributed by atoms with Gasteiger partial charge in [-0.1, -0.05) is 62.3 Å². The van der Waals surface area contributed by atoms with E-state index in [1.165, 1.54) is 55.5 Å². The lowest BCUT2D eigenvalue weighted by molar-refractivity contribution is -0.119. The molecule has 0 aliphatic carbocycles. The average molecular weight is 750 g/mol. The van der Waals surface area contributed by atoms with Crippen molar-refractivity contribution in [1.29, 1.82) is 0 Å². The van der Waals surface area contributed by atoms with Crippen LogP contribution in [0.1, 0.15) is 120 Å². The molecular formula is C39H84N4O3P3+3. The van der Waals surface area contributed by atoms with E-state index in [4.69, 9.17) is 0 Å². The maximum absolute atomic E-state index is 13.2. The predicted octanol–water partition coefficient (Wildman–Crippen LogP) is 8.38. The standard InChI is InChI=1S/C39H81N4O3P3/c1-10-25-47(26-11-2,27-12-3)34-37(44)40-19-22-43(23-20-41-38(45)35-48(28-13-4,29-14-5)30-15-6)24-21-42-39(46)36-49(31-16-7,32-17-8)33-18-9/h10-36H2,1-9H3/p+3. The topological polar surface area (TPSA) is 90.5 Å². The number of nitrogens with zero attached hydrogens (tertiary/aromatic N) is 1. The molecule has 7 nitrogen and oxygen atoms in total. The van der Waals surface area contributed by atoms with E-state index in [9.17, 15) is 14.4 Å². The van der Waals surface area contributed by atoms with E-state index in [-0.39, 0.29) is 17.7 Å². The SMILES string of the molecule is CCC[P+](CCC)(CCC)CC(=O)NCCN(CCNC(=O)C[P+](CCC)(CCC)CCC)CCNC(=O)C[P+](CCC)(CCC)CCC. The summed E-state index contributed by atoms with van der Waals surface area (Å²) < 4.78 is 0. The fraction of sp³-hybridized carbons (Fsp3) is 0.923. The molecule has 49 heavy (non-hydrogen) atoms. The first-order valence-electron chi connectivity index (χ1n) is 20.6. The van der Waals surface area contributed by atoms with Crippen molar-refractivity contribution < 1.29 is 14.4 Å². The summed E-state index contributed by atoms with van der Waals surface area (Å²) in [6.07, 6.45) is 23.5. The quantitative estimate of drug-likeness (QED) is 0.0589. The van der Waals surface area contributed by atoms with Gasteiger partial charge >= 0.3 is 0 Å². The number of hydrogen-bond donors (Lipinski definition) is 3. The van der Waals surface area contributed by atoms with E-state index in [1.807, 2.05) is 0 Å². The molecular weight excluding hydrogens is 665 g/mol. The molecule has 0 heterocycles. The lowest BCUT2D eigenvalue weighted by Gasteiger charge is -2.28. The molecule has 0 unspecified atom stereocenters. The van der Waals surface area contributed by atoms with Gasteiger partial charge in [0, 0.05) is 61.1 Å². The summed E-state index contributed by atoms with van der Waals surface area (Å²) in [6, 6.07) is 0. The zero-order valence-corrected chi connectivity index (χ0v) is 36.8. The third-order valence-electron chi connectivity index (χ3n) is 9.97. The Morgan fingerprint density at radius 2 is 0.551 bits per heavy atom. The van der Waals surface area contributed by atoms with Crippen LogP contribution in [-0.4, -0.2) is 136 Å². The van der Waals surface area contributed by atoms with Crippen LogP contribution in [-0.2, 0) is 14.4 Å². The smallest absolute Gasteiger partial charge is 0.257 e. The molecule has 0 fully saturated rings. The largest absolute Gasteiger partial charge is 0.352 e. The third kappa shape index (κ3) is 21.1. The summed E-state index contributed by atoms with van der Waals surface area (Å²) in [5.74, 6) is 0.615. The molecule has 0 atom stereocenters. The van der Waals surface area contributed by atoms with Gasteiger partial charge in [-0.3, -0.25) is 19.3 Å². The van der Waals surface area contributed by atoms with Crippen LogP contribution in [0.2, 0.25) is 0 Å². The Hall–Kier alpha value is -0.340. The Balaban J connectivity index is 5.49. The molecule has 0 aliphatic rings. The number of hydrogen-bond acceptors (Lipinski definition) is 4. The molecule has 0 aliphatic heterocycles. The molecule has 0 aromatic heterocycles. The molecule has 290 valence electrons. The fourth-order valence-electron chi connectivity index (χ4n) is 8.46. The minimum absolute atomic E-state index is 0.205. The zero-order chi connectivity index (χ0) is 37.0. The van der Waals surface area contributed by atoms with E-state index in [1.54, 1.807) is 0 Å². The van der Waals surface area contributed by atoms with E-state index in [0.29, 0.717) is 38.1 Å². The van der Waals surface area contributed by atoms with E-state index in [0.717, 1.165) is 77.4 Å². The van der Waals surface area contributed by atoms with Crippen LogP contribution in [0.15, 0.2) is 0 Å². The van der Waals surface area contributed by atoms with Gasteiger partial charge in [0.1, 0.15) is 18.5 Å². The summed E-state index contributed by atoms with van der Waals surface area (Å²) in [4.78, 5) is 42.1. The minimum Gasteiger partial charge on any atom is -0.352 e. The maximum Gasteiger partial charge on any atom is 0.257 e. The highest BCUT2D eigenvalue weighted by Crippen LogP contribution is 2.61. The third-order valence-corrected chi connectivity index (χ3v) is 25.4. The molecule has 0 bridgehead atoms. The molecule has 0 aromatic rings. The summed E-state index contributed by atoms with van der Waals surface area (Å²) in [5.41, 5.74) is 0. The van der Waals surface area contributed by atoms with Gasteiger partial charge in [0.25, 0.3) is 17.7 Å². The second-order valence-corrected chi connectivity index (χ2v) is 27.9. The normalized spacial score (nSPS) is 12.4. The van der Waals surface area contributed by atoms with Crippen LogP contribution in [0.4, 0.5) is 0 Å². The second-order valence-electron chi connectivity index (χ2n) is 14.9. The van der Waals surface area contributed by atoms with Gasteiger partial charge in [-0.2, -0.15) is 0 Å². The van der Waals surface area contributed by atoms with Crippen LogP contribution in [0.25, 0.3) is 0 Å². The van der Waals surface area contributed by atoms with Crippen molar-refractivity contribution in [3.63, 3.8) is 0 Å². The average Bonchev–Trinajstić information content (AvgIpc) is 3.02. The van der Waals surface area contributed by atoms with Crippen molar-refractivity contribution in [3.8, 4) is 0 Å². The summed E-state index contributed by atoms with van der Waals surface area (Å²) in [7, 11) is -3.76. The van der Waals surface area contributed by atoms with Gasteiger partial charge in [-0.15, -0.1) is 0 Å². The zero-order valence-electron chi connectivity index (χ0n) is 34.1. The summed E-state index contributed by atoms with van der Waals surface area (Å²) >= 11 is 0. The van der Waals surface area contributed by atoms with Crippen LogP contribution < -0.4 is 16.0 Å². The minimum atomic E-state index is -1.25. The Kier molecular flexibility index (Phi) is 29.0. The molecule has 0 saturated heterocycles. The van der Waals surface area contributed by atoms with Crippen LogP contribution >= 0.6 is 21.8 Å². The van der Waals surface area contributed by atoms with Crippen molar-refractivity contribution in [2.75, 3.05) is 113 Å². The number of nitrogens with one attached hydrogen (secondary N) is 3. The molecule has 0 saturated carbocycles. The maximum atomic E-state index is 13.2. The van der Waals surface area contributed by atoms with Gasteiger partial charge in [-0.05, 0) is 57.8 Å². The first kappa shape index (κ1) is 48.7. The van der Waals surface area contributed by atoms with Crippen LogP contribution in [0.3, 0.4) is 0 Å². The summed E-state index contributed by atoms with van der Waals surface area (Å²) in [5, 5.41) is 9.81. The van der Waals surface area contributed by atoms with Crippen LogP contribution in [0.5, 0.6) is 0 Å². The molecule has 3 N–H and O–H groups in total. The molecule has 0 spiro atoms. The predicted molar refractivity (Wildman–Crippen MR) is 227 cm³/mol. The second kappa shape index (κ2) is 29.2. The highest BCUT2D eigenvalue weighted by Gasteiger charge is 2.39. The molecule has 0 rings (SSSR count). The molecule has 0 aromatic carbocycles. The lowest BCUT2D eigenvalue weighted by Crippen LogP contribution is -2.44. The van der Waals surface area contributed by atoms with Gasteiger partial charge < -0.3 is 16.0 Å². The van der Waals surface area contributed by atoms with E-state index in [2.05, 4.69) is 83.2 Å². The van der Waals surface area contributed by atoms with Crippen molar-refractivity contribution in [3.05, 3.63) is 0 Å². The van der Waals surface area contributed by atoms with Gasteiger partial charge in [0.05, 0.1) is 55.5 Å². The molecule has 10 heteroatoms.